The van der Waals surface area contributed by atoms with Crippen LogP contribution in [0.1, 0.15) is 31.1 Å². The number of hydrogen-bond acceptors (Lipinski definition) is 4. The number of para-hydroxylation sites is 1. The maximum atomic E-state index is 11.6. The van der Waals surface area contributed by atoms with Crippen LogP contribution >= 0.6 is 0 Å². The predicted molar refractivity (Wildman–Crippen MR) is 78.3 cm³/mol. The minimum Gasteiger partial charge on any atom is -0.496 e. The van der Waals surface area contributed by atoms with Crippen molar-refractivity contribution in [2.45, 2.75) is 32.9 Å². The van der Waals surface area contributed by atoms with Gasteiger partial charge in [-0.1, -0.05) is 22.9 Å². The van der Waals surface area contributed by atoms with Crippen molar-refractivity contribution >= 4 is 0 Å². The molecule has 2 aromatic rings. The molecule has 1 aromatic carbocycles. The summed E-state index contributed by atoms with van der Waals surface area (Å²) in [7, 11) is 1.67. The maximum absolute atomic E-state index is 11.6. The summed E-state index contributed by atoms with van der Waals surface area (Å²) in [6.07, 6.45) is 0.835. The van der Waals surface area contributed by atoms with Gasteiger partial charge >= 0.3 is 11.3 Å². The number of methoxy groups -OCH3 is 1. The third kappa shape index (κ3) is 3.72. The van der Waals surface area contributed by atoms with E-state index >= 15 is 0 Å². The fourth-order valence-electron chi connectivity index (χ4n) is 2.22. The highest BCUT2D eigenvalue weighted by atomic mass is 16.5. The van der Waals surface area contributed by atoms with Gasteiger partial charge in [-0.2, -0.15) is 0 Å². The Morgan fingerprint density at radius 1 is 1.38 bits per heavy atom. The first-order valence-corrected chi connectivity index (χ1v) is 7.08. The van der Waals surface area contributed by atoms with Gasteiger partial charge in [-0.25, -0.2) is 4.79 Å². The number of benzene rings is 1. The fourth-order valence-corrected chi connectivity index (χ4v) is 2.22. The van der Waals surface area contributed by atoms with Gasteiger partial charge in [0, 0.05) is 0 Å². The standard InChI is InChI=1S/C15H21N3O3/c1-11(2)18-13(15(19)21-17-18)10-16-9-8-12-6-4-5-7-14(12)20-3/h4-7,11,16H,8-10H2,1-3H3/p+1. The van der Waals surface area contributed by atoms with E-state index in [0.29, 0.717) is 12.2 Å². The molecule has 0 aliphatic rings. The lowest BCUT2D eigenvalue weighted by Gasteiger charge is -2.08. The third-order valence-electron chi connectivity index (χ3n) is 3.34. The summed E-state index contributed by atoms with van der Waals surface area (Å²) in [5, 5.41) is 5.89. The average molecular weight is 292 g/mol. The lowest BCUT2D eigenvalue weighted by Crippen LogP contribution is -2.45. The van der Waals surface area contributed by atoms with Gasteiger partial charge in [0.25, 0.3) is 0 Å². The van der Waals surface area contributed by atoms with Crippen LogP contribution in [-0.4, -0.2) is 18.9 Å². The Balaban J connectivity index is 1.91. The van der Waals surface area contributed by atoms with Gasteiger partial charge in [-0.15, -0.1) is 0 Å². The van der Waals surface area contributed by atoms with Gasteiger partial charge in [0.15, 0.2) is 6.04 Å². The number of rotatable bonds is 7. The molecule has 0 fully saturated rings. The Hall–Kier alpha value is -2.08. The molecule has 0 spiro atoms. The summed E-state index contributed by atoms with van der Waals surface area (Å²) in [4.78, 5) is 11.6. The average Bonchev–Trinajstić information content (AvgIpc) is 2.85. The van der Waals surface area contributed by atoms with E-state index in [4.69, 9.17) is 9.26 Å². The molecule has 0 aliphatic heterocycles. The molecule has 0 unspecified atom stereocenters. The molecule has 2 rings (SSSR count). The molecule has 1 heterocycles. The zero-order valence-corrected chi connectivity index (χ0v) is 12.7. The summed E-state index contributed by atoms with van der Waals surface area (Å²) in [5.41, 5.74) is 1.42. The van der Waals surface area contributed by atoms with Gasteiger partial charge in [-0.05, 0) is 43.7 Å². The van der Waals surface area contributed by atoms with Crippen molar-refractivity contribution in [3.05, 3.63) is 45.9 Å². The van der Waals surface area contributed by atoms with Crippen LogP contribution < -0.4 is 20.4 Å². The Bertz CT molecular complexity index is 631. The van der Waals surface area contributed by atoms with E-state index in [1.54, 1.807) is 11.8 Å². The van der Waals surface area contributed by atoms with Crippen LogP contribution in [0.4, 0.5) is 0 Å². The first kappa shape index (κ1) is 15.3. The van der Waals surface area contributed by atoms with Crippen LogP contribution in [-0.2, 0) is 13.0 Å². The zero-order valence-electron chi connectivity index (χ0n) is 12.7. The predicted octanol–water partition coefficient (Wildman–Crippen LogP) is 1.18. The second-order valence-corrected chi connectivity index (χ2v) is 5.13. The first-order valence-electron chi connectivity index (χ1n) is 7.08. The molecule has 0 saturated heterocycles. The molecule has 0 saturated carbocycles. The number of hydrogen-bond donors (Lipinski definition) is 2. The topological polar surface area (TPSA) is 71.1 Å². The third-order valence-corrected chi connectivity index (χ3v) is 3.34. The summed E-state index contributed by atoms with van der Waals surface area (Å²) in [6, 6.07) is 8.09. The van der Waals surface area contributed by atoms with Crippen LogP contribution in [0.5, 0.6) is 5.75 Å². The lowest BCUT2D eigenvalue weighted by molar-refractivity contribution is -0.785. The molecular formula is C15H22N3O3+. The van der Waals surface area contributed by atoms with E-state index in [0.717, 1.165) is 24.3 Å². The summed E-state index contributed by atoms with van der Waals surface area (Å²) in [6.45, 7) is 5.20. The van der Waals surface area contributed by atoms with Crippen molar-refractivity contribution < 1.29 is 13.9 Å². The van der Waals surface area contributed by atoms with E-state index in [1.165, 1.54) is 0 Å². The smallest absolute Gasteiger partial charge is 0.431 e. The van der Waals surface area contributed by atoms with E-state index in [-0.39, 0.29) is 11.7 Å². The van der Waals surface area contributed by atoms with Gasteiger partial charge in [0.05, 0.1) is 13.7 Å². The Labute approximate surface area is 123 Å². The molecule has 21 heavy (non-hydrogen) atoms. The number of nitrogens with one attached hydrogen (secondary N) is 2. The molecule has 2 N–H and O–H groups in total. The van der Waals surface area contributed by atoms with Crippen molar-refractivity contribution in [1.29, 1.82) is 0 Å². The van der Waals surface area contributed by atoms with Crippen LogP contribution in [0, 0.1) is 0 Å². The zero-order chi connectivity index (χ0) is 15.2. The number of aromatic nitrogens is 2. The van der Waals surface area contributed by atoms with E-state index < -0.39 is 0 Å². The lowest BCUT2D eigenvalue weighted by atomic mass is 10.1. The minimum absolute atomic E-state index is 0.155. The fraction of sp³-hybridized carbons (Fsp3) is 0.467. The Morgan fingerprint density at radius 2 is 2.14 bits per heavy atom. The van der Waals surface area contributed by atoms with E-state index in [1.807, 2.05) is 38.1 Å². The number of aromatic amines is 1. The normalized spacial score (nSPS) is 11.0. The highest BCUT2D eigenvalue weighted by molar-refractivity contribution is 5.33. The molecule has 114 valence electrons. The summed E-state index contributed by atoms with van der Waals surface area (Å²) in [5.74, 6) is 0.887. The highest BCUT2D eigenvalue weighted by Crippen LogP contribution is 2.17. The van der Waals surface area contributed by atoms with Crippen LogP contribution in [0.2, 0.25) is 0 Å². The molecule has 6 heteroatoms. The van der Waals surface area contributed by atoms with Crippen LogP contribution in [0.15, 0.2) is 33.6 Å². The molecule has 0 atom stereocenters. The molecule has 0 bridgehead atoms. The summed E-state index contributed by atoms with van der Waals surface area (Å²) >= 11 is 0. The van der Waals surface area contributed by atoms with Crippen molar-refractivity contribution in [2.24, 2.45) is 0 Å². The van der Waals surface area contributed by atoms with Crippen LogP contribution in [0.3, 0.4) is 0 Å². The summed E-state index contributed by atoms with van der Waals surface area (Å²) < 4.78 is 11.9. The molecule has 0 amide bonds. The minimum atomic E-state index is -0.325. The number of nitrogens with zero attached hydrogens (tertiary/aromatic N) is 1. The van der Waals surface area contributed by atoms with E-state index in [9.17, 15) is 4.79 Å². The Kier molecular flexibility index (Phi) is 5.16. The largest absolute Gasteiger partial charge is 0.496 e. The van der Waals surface area contributed by atoms with Gasteiger partial charge in [0.1, 0.15) is 5.75 Å². The SMILES string of the molecule is COc1ccccc1CCNCc1c(=O)o[nH][n+]1C(C)C. The van der Waals surface area contributed by atoms with Gasteiger partial charge in [0.2, 0.25) is 0 Å². The molecule has 1 aromatic heterocycles. The maximum Gasteiger partial charge on any atom is 0.431 e. The van der Waals surface area contributed by atoms with Gasteiger partial charge < -0.3 is 10.1 Å². The van der Waals surface area contributed by atoms with Crippen LogP contribution in [0.25, 0.3) is 0 Å². The molecule has 6 nitrogen and oxygen atoms in total. The van der Waals surface area contributed by atoms with E-state index in [2.05, 4.69) is 10.6 Å². The highest BCUT2D eigenvalue weighted by Gasteiger charge is 2.22. The number of ether oxygens (including phenoxy) is 1. The second kappa shape index (κ2) is 7.08. The van der Waals surface area contributed by atoms with Crippen molar-refractivity contribution in [2.75, 3.05) is 13.7 Å². The first-order chi connectivity index (χ1) is 10.1. The van der Waals surface area contributed by atoms with Crippen molar-refractivity contribution in [1.82, 2.24) is 10.6 Å². The quantitative estimate of drug-likeness (QED) is 0.594. The monoisotopic (exact) mass is 292 g/mol. The van der Waals surface area contributed by atoms with Crippen molar-refractivity contribution in [3.8, 4) is 5.75 Å². The van der Waals surface area contributed by atoms with Gasteiger partial charge in [-0.3, -0.25) is 4.52 Å². The molecule has 0 aliphatic carbocycles. The Morgan fingerprint density at radius 3 is 2.86 bits per heavy atom. The second-order valence-electron chi connectivity index (χ2n) is 5.13. The van der Waals surface area contributed by atoms with Crippen molar-refractivity contribution in [3.63, 3.8) is 0 Å². The molecule has 0 radical (unpaired) electrons. The number of H-pyrrole nitrogens is 1. The molecular weight excluding hydrogens is 270 g/mol.